The maximum Gasteiger partial charge on any atom is 0.123 e. The number of rotatable bonds is 4. The van der Waals surface area contributed by atoms with Crippen molar-refractivity contribution in [1.29, 1.82) is 0 Å². The molecule has 0 aliphatic carbocycles. The summed E-state index contributed by atoms with van der Waals surface area (Å²) in [6, 6.07) is 5.59. The van der Waals surface area contributed by atoms with Crippen LogP contribution in [0.15, 0.2) is 18.2 Å². The van der Waals surface area contributed by atoms with Crippen molar-refractivity contribution in [3.63, 3.8) is 0 Å². The minimum atomic E-state index is -0.396. The highest BCUT2D eigenvalue weighted by molar-refractivity contribution is 5.40. The molecule has 17 heavy (non-hydrogen) atoms. The average molecular weight is 237 g/mol. The summed E-state index contributed by atoms with van der Waals surface area (Å²) in [5.74, 6) is 1.17. The van der Waals surface area contributed by atoms with Gasteiger partial charge >= 0.3 is 0 Å². The lowest BCUT2D eigenvalue weighted by atomic mass is 9.94. The van der Waals surface area contributed by atoms with E-state index in [1.807, 2.05) is 18.2 Å². The van der Waals surface area contributed by atoms with Gasteiger partial charge in [0, 0.05) is 18.1 Å². The molecule has 1 aliphatic rings. The third kappa shape index (κ3) is 2.60. The number of hydrogen-bond donors (Lipinski definition) is 2. The molecule has 4 nitrogen and oxygen atoms in total. The van der Waals surface area contributed by atoms with Gasteiger partial charge in [-0.2, -0.15) is 0 Å². The lowest BCUT2D eigenvalue weighted by Crippen LogP contribution is -2.16. The fraction of sp³-hybridized carbons (Fsp3) is 0.538. The first kappa shape index (κ1) is 12.4. The summed E-state index contributed by atoms with van der Waals surface area (Å²) in [5.41, 5.74) is 7.95. The fourth-order valence-corrected chi connectivity index (χ4v) is 2.19. The van der Waals surface area contributed by atoms with Gasteiger partial charge in [0.05, 0.1) is 26.4 Å². The van der Waals surface area contributed by atoms with Crippen LogP contribution in [0.2, 0.25) is 0 Å². The Morgan fingerprint density at radius 3 is 3.00 bits per heavy atom. The molecule has 94 valence electrons. The molecule has 0 amide bonds. The highest BCUT2D eigenvalue weighted by Gasteiger charge is 2.20. The highest BCUT2D eigenvalue weighted by atomic mass is 16.5. The number of benzene rings is 1. The predicted octanol–water partition coefficient (Wildman–Crippen LogP) is 1.19. The molecule has 0 radical (unpaired) electrons. The second kappa shape index (κ2) is 5.49. The van der Waals surface area contributed by atoms with E-state index in [1.54, 1.807) is 7.11 Å². The van der Waals surface area contributed by atoms with Gasteiger partial charge in [0.1, 0.15) is 5.75 Å². The van der Waals surface area contributed by atoms with Crippen molar-refractivity contribution in [1.82, 2.24) is 0 Å². The van der Waals surface area contributed by atoms with E-state index >= 15 is 0 Å². The molecule has 0 bridgehead atoms. The van der Waals surface area contributed by atoms with Gasteiger partial charge in [-0.25, -0.2) is 0 Å². The number of ether oxygens (including phenoxy) is 2. The van der Waals surface area contributed by atoms with Gasteiger partial charge in [-0.3, -0.25) is 0 Å². The third-order valence-electron chi connectivity index (χ3n) is 3.25. The number of hydrogen-bond acceptors (Lipinski definition) is 4. The molecule has 0 spiro atoms. The van der Waals surface area contributed by atoms with Crippen molar-refractivity contribution in [2.45, 2.75) is 18.4 Å². The minimum absolute atomic E-state index is 0.0824. The van der Waals surface area contributed by atoms with Gasteiger partial charge < -0.3 is 20.3 Å². The Balaban J connectivity index is 2.30. The van der Waals surface area contributed by atoms with E-state index in [9.17, 15) is 0 Å². The Hall–Kier alpha value is -1.10. The topological polar surface area (TPSA) is 64.7 Å². The van der Waals surface area contributed by atoms with Crippen LogP contribution in [0.5, 0.6) is 5.75 Å². The Morgan fingerprint density at radius 1 is 1.59 bits per heavy atom. The molecule has 0 aromatic heterocycles. The van der Waals surface area contributed by atoms with E-state index in [0.29, 0.717) is 5.92 Å². The number of aliphatic hydroxyl groups excluding tert-OH is 1. The third-order valence-corrected chi connectivity index (χ3v) is 3.25. The van der Waals surface area contributed by atoms with Gasteiger partial charge in [0.2, 0.25) is 0 Å². The van der Waals surface area contributed by atoms with Gasteiger partial charge in [0.15, 0.2) is 0 Å². The molecule has 0 saturated carbocycles. The number of methoxy groups -OCH3 is 1. The van der Waals surface area contributed by atoms with Crippen LogP contribution in [0.4, 0.5) is 0 Å². The lowest BCUT2D eigenvalue weighted by Gasteiger charge is -2.17. The first-order valence-electron chi connectivity index (χ1n) is 5.88. The van der Waals surface area contributed by atoms with Gasteiger partial charge in [-0.05, 0) is 18.1 Å². The molecule has 4 heteroatoms. The molecule has 1 heterocycles. The summed E-state index contributed by atoms with van der Waals surface area (Å²) in [6.45, 7) is 1.50. The summed E-state index contributed by atoms with van der Waals surface area (Å²) in [4.78, 5) is 0. The minimum Gasteiger partial charge on any atom is -0.496 e. The zero-order chi connectivity index (χ0) is 12.3. The molecular weight excluding hydrogens is 218 g/mol. The van der Waals surface area contributed by atoms with E-state index < -0.39 is 6.04 Å². The molecule has 1 aromatic rings. The summed E-state index contributed by atoms with van der Waals surface area (Å²) < 4.78 is 10.6. The molecule has 2 unspecified atom stereocenters. The van der Waals surface area contributed by atoms with Gasteiger partial charge in [-0.1, -0.05) is 12.1 Å². The van der Waals surface area contributed by atoms with Gasteiger partial charge in [-0.15, -0.1) is 0 Å². The second-order valence-corrected chi connectivity index (χ2v) is 4.35. The Morgan fingerprint density at radius 2 is 2.41 bits per heavy atom. The Bertz CT molecular complexity index is 375. The Kier molecular flexibility index (Phi) is 3.99. The monoisotopic (exact) mass is 237 g/mol. The standard InChI is InChI=1S/C13H19NO3/c1-16-13-3-2-9(10-4-5-17-8-10)6-11(13)12(14)7-15/h2-3,6,10,12,15H,4-5,7-8,14H2,1H3. The van der Waals surface area contributed by atoms with Crippen molar-refractivity contribution in [2.24, 2.45) is 5.73 Å². The summed E-state index contributed by atoms with van der Waals surface area (Å²) in [5, 5.41) is 9.16. The quantitative estimate of drug-likeness (QED) is 0.825. The van der Waals surface area contributed by atoms with Crippen LogP contribution in [-0.4, -0.2) is 32.0 Å². The fourth-order valence-electron chi connectivity index (χ4n) is 2.19. The zero-order valence-corrected chi connectivity index (χ0v) is 10.1. The predicted molar refractivity (Wildman–Crippen MR) is 65.2 cm³/mol. The molecule has 1 fully saturated rings. The van der Waals surface area contributed by atoms with Crippen molar-refractivity contribution in [3.8, 4) is 5.75 Å². The van der Waals surface area contributed by atoms with E-state index in [-0.39, 0.29) is 6.61 Å². The molecular formula is C13H19NO3. The molecule has 1 aliphatic heterocycles. The number of aliphatic hydroxyl groups is 1. The van der Waals surface area contributed by atoms with Gasteiger partial charge in [0.25, 0.3) is 0 Å². The van der Waals surface area contributed by atoms with Crippen LogP contribution in [0.1, 0.15) is 29.5 Å². The van der Waals surface area contributed by atoms with Crippen LogP contribution >= 0.6 is 0 Å². The summed E-state index contributed by atoms with van der Waals surface area (Å²) in [7, 11) is 1.61. The molecule has 1 aromatic carbocycles. The maximum atomic E-state index is 9.16. The van der Waals surface area contributed by atoms with Crippen molar-refractivity contribution < 1.29 is 14.6 Å². The Labute approximate surface area is 101 Å². The molecule has 2 rings (SSSR count). The summed E-state index contributed by atoms with van der Waals surface area (Å²) >= 11 is 0. The first-order valence-corrected chi connectivity index (χ1v) is 5.88. The molecule has 1 saturated heterocycles. The highest BCUT2D eigenvalue weighted by Crippen LogP contribution is 2.31. The van der Waals surface area contributed by atoms with Crippen LogP contribution in [0.25, 0.3) is 0 Å². The van der Waals surface area contributed by atoms with Crippen LogP contribution in [0, 0.1) is 0 Å². The lowest BCUT2D eigenvalue weighted by molar-refractivity contribution is 0.194. The van der Waals surface area contributed by atoms with E-state index in [1.165, 1.54) is 5.56 Å². The smallest absolute Gasteiger partial charge is 0.123 e. The number of nitrogens with two attached hydrogens (primary N) is 1. The van der Waals surface area contributed by atoms with E-state index in [4.69, 9.17) is 20.3 Å². The SMILES string of the molecule is COc1ccc(C2CCOC2)cc1C(N)CO. The second-order valence-electron chi connectivity index (χ2n) is 4.35. The van der Waals surface area contributed by atoms with Crippen molar-refractivity contribution >= 4 is 0 Å². The van der Waals surface area contributed by atoms with Crippen LogP contribution in [0.3, 0.4) is 0 Å². The average Bonchev–Trinajstić information content (AvgIpc) is 2.91. The van der Waals surface area contributed by atoms with Crippen molar-refractivity contribution in [2.75, 3.05) is 26.9 Å². The van der Waals surface area contributed by atoms with E-state index in [0.717, 1.165) is 30.9 Å². The first-order chi connectivity index (χ1) is 8.26. The van der Waals surface area contributed by atoms with Crippen LogP contribution in [-0.2, 0) is 4.74 Å². The van der Waals surface area contributed by atoms with Crippen LogP contribution < -0.4 is 10.5 Å². The largest absolute Gasteiger partial charge is 0.496 e. The normalized spacial score (nSPS) is 21.5. The van der Waals surface area contributed by atoms with Crippen molar-refractivity contribution in [3.05, 3.63) is 29.3 Å². The molecule has 2 atom stereocenters. The van der Waals surface area contributed by atoms with E-state index in [2.05, 4.69) is 0 Å². The maximum absolute atomic E-state index is 9.16. The zero-order valence-electron chi connectivity index (χ0n) is 10.1. The molecule has 3 N–H and O–H groups in total. The summed E-state index contributed by atoms with van der Waals surface area (Å²) in [6.07, 6.45) is 1.04.